The van der Waals surface area contributed by atoms with Crippen LogP contribution < -0.4 is 21.3 Å². The molecule has 0 bridgehead atoms. The fraction of sp³-hybridized carbons (Fsp3) is 0.278. The van der Waals surface area contributed by atoms with Gasteiger partial charge in [0.05, 0.1) is 43.3 Å². The van der Waals surface area contributed by atoms with Crippen LogP contribution >= 0.6 is 13.5 Å². The lowest BCUT2D eigenvalue weighted by Gasteiger charge is -2.46. The number of pyridine rings is 3. The monoisotopic (exact) mass is 714 g/mol. The van der Waals surface area contributed by atoms with Gasteiger partial charge in [-0.1, -0.05) is 0 Å². The lowest BCUT2D eigenvalue weighted by atomic mass is 10.0. The summed E-state index contributed by atoms with van der Waals surface area (Å²) in [6, 6.07) is 11.6. The van der Waals surface area contributed by atoms with Crippen molar-refractivity contribution in [1.82, 2.24) is 28.4 Å². The van der Waals surface area contributed by atoms with Gasteiger partial charge in [0, 0.05) is 74.0 Å². The lowest BCUT2D eigenvalue weighted by Crippen LogP contribution is -2.59. The second kappa shape index (κ2) is 13.6. The van der Waals surface area contributed by atoms with Gasteiger partial charge in [-0.05, 0) is 55.0 Å². The highest BCUT2D eigenvalue weighted by Gasteiger charge is 2.32. The molecule has 0 radical (unpaired) electrons. The number of hydrogen-bond acceptors (Lipinski definition) is 9. The van der Waals surface area contributed by atoms with E-state index in [2.05, 4.69) is 32.0 Å². The molecule has 0 spiro atoms. The van der Waals surface area contributed by atoms with Gasteiger partial charge in [0.25, 0.3) is 11.1 Å². The molecule has 1 aromatic carbocycles. The third kappa shape index (κ3) is 5.95. The molecule has 264 valence electrons. The van der Waals surface area contributed by atoms with E-state index in [-0.39, 0.29) is 47.0 Å². The molecule has 2 fully saturated rings. The molecule has 51 heavy (non-hydrogen) atoms. The Kier molecular flexibility index (Phi) is 9.14. The highest BCUT2D eigenvalue weighted by molar-refractivity contribution is 7.59. The van der Waals surface area contributed by atoms with Crippen molar-refractivity contribution in [3.05, 3.63) is 111 Å². The Hall–Kier alpha value is -5.09. The number of aliphatic hydroxyl groups is 1. The van der Waals surface area contributed by atoms with Crippen molar-refractivity contribution < 1.29 is 18.6 Å². The molecule has 2 aliphatic heterocycles. The number of aryl methyl sites for hydroxylation is 1. The van der Waals surface area contributed by atoms with Crippen LogP contribution in [-0.2, 0) is 18.4 Å². The molecular formula is C36H36F2N8O4S. The zero-order valence-corrected chi connectivity index (χ0v) is 28.9. The van der Waals surface area contributed by atoms with E-state index < -0.39 is 23.8 Å². The van der Waals surface area contributed by atoms with Gasteiger partial charge in [-0.3, -0.25) is 19.1 Å². The van der Waals surface area contributed by atoms with Crippen LogP contribution in [-0.4, -0.2) is 78.4 Å². The van der Waals surface area contributed by atoms with E-state index in [0.717, 1.165) is 49.2 Å². The number of piperazine rings is 1. The first-order valence-corrected chi connectivity index (χ1v) is 16.3. The molecule has 12 nitrogen and oxygen atoms in total. The van der Waals surface area contributed by atoms with Crippen LogP contribution in [0.25, 0.3) is 33.4 Å². The number of benzene rings is 1. The number of nitrogens with zero attached hydrogens (tertiary/aromatic N) is 7. The summed E-state index contributed by atoms with van der Waals surface area (Å²) >= 11 is 0. The highest BCUT2D eigenvalue weighted by atomic mass is 32.1. The molecule has 0 aliphatic carbocycles. The molecule has 0 unspecified atom stereocenters. The molecule has 1 atom stereocenters. The summed E-state index contributed by atoms with van der Waals surface area (Å²) < 4.78 is 38.7. The Balaban J connectivity index is 0.00000406. The normalized spacial score (nSPS) is 16.7. The van der Waals surface area contributed by atoms with Gasteiger partial charge in [0.2, 0.25) is 0 Å². The number of anilines is 3. The third-order valence-electron chi connectivity index (χ3n) is 9.74. The fourth-order valence-corrected chi connectivity index (χ4v) is 7.05. The highest BCUT2D eigenvalue weighted by Crippen LogP contribution is 2.30. The smallest absolute Gasteiger partial charge is 0.283 e. The Morgan fingerprint density at radius 2 is 1.84 bits per heavy atom. The molecule has 15 heteroatoms. The summed E-state index contributed by atoms with van der Waals surface area (Å²) in [5.74, 6) is -0.903. The molecule has 7 heterocycles. The predicted octanol–water partition coefficient (Wildman–Crippen LogP) is 3.94. The number of ether oxygens (including phenoxy) is 1. The lowest BCUT2D eigenvalue weighted by molar-refractivity contribution is -0.0691. The number of nitrogens with one attached hydrogen (secondary N) is 1. The SMILES string of the molecule is C[C@H]1CN(C2COC2)CCN1c1ccc(Nc2cc(-c3ccnc(-n4ccn5c(c(F)c6cc(F)ccc65)c4=O)c3CO)cn(C)c2=O)nc1.S. The zero-order chi connectivity index (χ0) is 34.7. The molecule has 2 saturated heterocycles. The van der Waals surface area contributed by atoms with Crippen molar-refractivity contribution in [1.29, 1.82) is 0 Å². The van der Waals surface area contributed by atoms with E-state index in [1.54, 1.807) is 31.6 Å². The standard InChI is InChI=1S/C36H34F2N8O4.H2S/c1-21-16-43(25-19-50-20-25)9-10-44(21)24-4-6-31(40-15-24)41-29-13-22(17-42(2)35(29)48)26-7-8-39-34(28(26)18-47)46-12-11-45-30-5-3-23(37)14-27(30)32(38)33(45)36(46)49;/h3-8,11-15,17,21,25,47H,9-10,16,18-20H2,1-2H3,(H,40,41);1H2/t21-;/m0./s1. The third-order valence-corrected chi connectivity index (χ3v) is 9.74. The molecule has 5 aromatic heterocycles. The Labute approximate surface area is 297 Å². The maximum atomic E-state index is 15.5. The Bertz CT molecular complexity index is 2390. The van der Waals surface area contributed by atoms with E-state index in [4.69, 9.17) is 4.74 Å². The van der Waals surface area contributed by atoms with E-state index in [9.17, 15) is 19.1 Å². The van der Waals surface area contributed by atoms with E-state index in [1.165, 1.54) is 39.7 Å². The number of hydrogen-bond donors (Lipinski definition) is 2. The van der Waals surface area contributed by atoms with Crippen LogP contribution in [0.2, 0.25) is 0 Å². The first-order valence-electron chi connectivity index (χ1n) is 16.3. The van der Waals surface area contributed by atoms with Crippen molar-refractivity contribution in [2.45, 2.75) is 25.6 Å². The topological polar surface area (TPSA) is 122 Å². The molecule has 6 aromatic rings. The largest absolute Gasteiger partial charge is 0.392 e. The number of aliphatic hydroxyl groups excluding tert-OH is 1. The van der Waals surface area contributed by atoms with Crippen molar-refractivity contribution in [3.63, 3.8) is 0 Å². The van der Waals surface area contributed by atoms with E-state index >= 15 is 4.39 Å². The summed E-state index contributed by atoms with van der Waals surface area (Å²) in [4.78, 5) is 40.7. The van der Waals surface area contributed by atoms with Crippen LogP contribution in [0, 0.1) is 11.6 Å². The number of rotatable bonds is 7. The average Bonchev–Trinajstić information content (AvgIpc) is 3.37. The van der Waals surface area contributed by atoms with Gasteiger partial charge >= 0.3 is 0 Å². The summed E-state index contributed by atoms with van der Waals surface area (Å²) in [5, 5.41) is 13.7. The molecule has 0 amide bonds. The zero-order valence-electron chi connectivity index (χ0n) is 27.9. The van der Waals surface area contributed by atoms with Crippen LogP contribution in [0.15, 0.2) is 83.0 Å². The van der Waals surface area contributed by atoms with Gasteiger partial charge in [-0.2, -0.15) is 13.5 Å². The van der Waals surface area contributed by atoms with Crippen LogP contribution in [0.5, 0.6) is 0 Å². The summed E-state index contributed by atoms with van der Waals surface area (Å²) in [5.41, 5.74) is 1.64. The minimum Gasteiger partial charge on any atom is -0.392 e. The van der Waals surface area contributed by atoms with Crippen LogP contribution in [0.1, 0.15) is 12.5 Å². The minimum atomic E-state index is -0.854. The molecule has 0 saturated carbocycles. The number of halogens is 2. The Morgan fingerprint density at radius 3 is 2.55 bits per heavy atom. The maximum absolute atomic E-state index is 15.5. The minimum absolute atomic E-state index is 0. The first kappa shape index (κ1) is 34.4. The van der Waals surface area contributed by atoms with Crippen molar-refractivity contribution in [2.75, 3.05) is 43.1 Å². The quantitative estimate of drug-likeness (QED) is 0.254. The van der Waals surface area contributed by atoms with Crippen LogP contribution in [0.4, 0.5) is 26.0 Å². The second-order valence-corrected chi connectivity index (χ2v) is 12.8. The predicted molar refractivity (Wildman–Crippen MR) is 196 cm³/mol. The summed E-state index contributed by atoms with van der Waals surface area (Å²) in [7, 11) is 1.62. The molecule has 2 aliphatic rings. The van der Waals surface area contributed by atoms with Gasteiger partial charge in [0.1, 0.15) is 28.7 Å². The summed E-state index contributed by atoms with van der Waals surface area (Å²) in [6.07, 6.45) is 7.82. The van der Waals surface area contributed by atoms with Gasteiger partial charge in [-0.25, -0.2) is 18.7 Å². The molecule has 8 rings (SSSR count). The summed E-state index contributed by atoms with van der Waals surface area (Å²) in [6.45, 7) is 6.08. The first-order chi connectivity index (χ1) is 24.2. The Morgan fingerprint density at radius 1 is 1.02 bits per heavy atom. The van der Waals surface area contributed by atoms with E-state index in [1.807, 2.05) is 12.1 Å². The fourth-order valence-electron chi connectivity index (χ4n) is 7.05. The average molecular weight is 715 g/mol. The molecule has 2 N–H and O–H groups in total. The number of fused-ring (bicyclic) bond motifs is 3. The van der Waals surface area contributed by atoms with Crippen molar-refractivity contribution >= 4 is 47.1 Å². The van der Waals surface area contributed by atoms with Gasteiger partial charge in [-0.15, -0.1) is 0 Å². The second-order valence-electron chi connectivity index (χ2n) is 12.8. The van der Waals surface area contributed by atoms with Crippen LogP contribution in [0.3, 0.4) is 0 Å². The van der Waals surface area contributed by atoms with Crippen molar-refractivity contribution in [2.24, 2.45) is 7.05 Å². The maximum Gasteiger partial charge on any atom is 0.283 e. The van der Waals surface area contributed by atoms with Gasteiger partial charge < -0.3 is 29.0 Å². The molecular weight excluding hydrogens is 679 g/mol. The van der Waals surface area contributed by atoms with E-state index in [0.29, 0.717) is 34.5 Å². The van der Waals surface area contributed by atoms with Crippen molar-refractivity contribution in [3.8, 4) is 16.9 Å². The number of aromatic nitrogens is 5. The van der Waals surface area contributed by atoms with Gasteiger partial charge in [0.15, 0.2) is 5.82 Å².